The van der Waals surface area contributed by atoms with Crippen LogP contribution in [0.25, 0.3) is 5.69 Å². The van der Waals surface area contributed by atoms with E-state index in [2.05, 4.69) is 0 Å². The number of hydrogen-bond acceptors (Lipinski definition) is 3. The van der Waals surface area contributed by atoms with Crippen molar-refractivity contribution in [3.63, 3.8) is 0 Å². The standard InChI is InChI=1S/C14H15N3O2/c1-9-6-13(18)12(14(15)16)8-17(9)10-4-3-5-11(7-10)19-2/h3-8H,1-2H3,(H3,15,16). The minimum Gasteiger partial charge on any atom is -0.497 e. The van der Waals surface area contributed by atoms with E-state index in [4.69, 9.17) is 15.9 Å². The maximum Gasteiger partial charge on any atom is 0.192 e. The Morgan fingerprint density at radius 2 is 2.11 bits per heavy atom. The van der Waals surface area contributed by atoms with Gasteiger partial charge in [-0.15, -0.1) is 0 Å². The third-order valence-corrected chi connectivity index (χ3v) is 2.87. The van der Waals surface area contributed by atoms with Crippen LogP contribution in [0.1, 0.15) is 11.3 Å². The molecule has 0 aliphatic carbocycles. The second-order valence-corrected chi connectivity index (χ2v) is 4.18. The Hall–Kier alpha value is -2.56. The minimum atomic E-state index is -0.246. The van der Waals surface area contributed by atoms with Crippen molar-refractivity contribution in [2.45, 2.75) is 6.92 Å². The van der Waals surface area contributed by atoms with Gasteiger partial charge in [-0.1, -0.05) is 6.07 Å². The van der Waals surface area contributed by atoms with Crippen molar-refractivity contribution in [2.24, 2.45) is 5.73 Å². The van der Waals surface area contributed by atoms with Gasteiger partial charge in [-0.3, -0.25) is 10.2 Å². The van der Waals surface area contributed by atoms with Crippen LogP contribution in [-0.2, 0) is 0 Å². The van der Waals surface area contributed by atoms with Gasteiger partial charge in [-0.25, -0.2) is 0 Å². The van der Waals surface area contributed by atoms with Gasteiger partial charge in [0.1, 0.15) is 11.6 Å². The monoisotopic (exact) mass is 257 g/mol. The van der Waals surface area contributed by atoms with Crippen LogP contribution in [0.4, 0.5) is 0 Å². The number of nitrogens with zero attached hydrogens (tertiary/aromatic N) is 1. The summed E-state index contributed by atoms with van der Waals surface area (Å²) < 4.78 is 6.98. The molecule has 5 heteroatoms. The second kappa shape index (κ2) is 4.97. The number of nitrogens with one attached hydrogen (secondary N) is 1. The summed E-state index contributed by atoms with van der Waals surface area (Å²) in [4.78, 5) is 11.7. The number of methoxy groups -OCH3 is 1. The number of hydrogen-bond donors (Lipinski definition) is 2. The van der Waals surface area contributed by atoms with E-state index < -0.39 is 0 Å². The lowest BCUT2D eigenvalue weighted by Gasteiger charge is -2.13. The molecule has 98 valence electrons. The normalized spacial score (nSPS) is 10.2. The van der Waals surface area contributed by atoms with Gasteiger partial charge < -0.3 is 15.0 Å². The molecule has 0 fully saturated rings. The molecular weight excluding hydrogens is 242 g/mol. The maximum atomic E-state index is 11.7. The number of rotatable bonds is 3. The van der Waals surface area contributed by atoms with Gasteiger partial charge in [0.15, 0.2) is 5.43 Å². The van der Waals surface area contributed by atoms with Gasteiger partial charge in [0.2, 0.25) is 0 Å². The summed E-state index contributed by atoms with van der Waals surface area (Å²) in [6.45, 7) is 1.82. The van der Waals surface area contributed by atoms with Crippen molar-refractivity contribution in [1.82, 2.24) is 4.57 Å². The van der Waals surface area contributed by atoms with Gasteiger partial charge in [-0.2, -0.15) is 0 Å². The van der Waals surface area contributed by atoms with Gasteiger partial charge in [0.25, 0.3) is 0 Å². The number of benzene rings is 1. The Morgan fingerprint density at radius 3 is 2.74 bits per heavy atom. The van der Waals surface area contributed by atoms with Crippen LogP contribution in [0.3, 0.4) is 0 Å². The molecule has 0 amide bonds. The zero-order valence-corrected chi connectivity index (χ0v) is 10.8. The quantitative estimate of drug-likeness (QED) is 0.645. The summed E-state index contributed by atoms with van der Waals surface area (Å²) in [5.41, 5.74) is 6.97. The van der Waals surface area contributed by atoms with Crippen molar-refractivity contribution in [3.8, 4) is 11.4 Å². The van der Waals surface area contributed by atoms with E-state index in [-0.39, 0.29) is 16.8 Å². The van der Waals surface area contributed by atoms with Crippen LogP contribution in [-0.4, -0.2) is 17.5 Å². The molecule has 0 saturated carbocycles. The van der Waals surface area contributed by atoms with Gasteiger partial charge in [0.05, 0.1) is 12.7 Å². The molecule has 1 aromatic carbocycles. The number of amidine groups is 1. The third kappa shape index (κ3) is 2.49. The predicted molar refractivity (Wildman–Crippen MR) is 74.3 cm³/mol. The Bertz CT molecular complexity index is 689. The fraction of sp³-hybridized carbons (Fsp3) is 0.143. The van der Waals surface area contributed by atoms with Crippen molar-refractivity contribution < 1.29 is 4.74 Å². The van der Waals surface area contributed by atoms with E-state index in [1.54, 1.807) is 17.9 Å². The lowest BCUT2D eigenvalue weighted by atomic mass is 10.2. The molecule has 0 aliphatic rings. The zero-order chi connectivity index (χ0) is 14.0. The molecule has 19 heavy (non-hydrogen) atoms. The summed E-state index contributed by atoms with van der Waals surface area (Å²) in [6.07, 6.45) is 1.58. The molecule has 0 spiro atoms. The van der Waals surface area contributed by atoms with Crippen LogP contribution in [0.5, 0.6) is 5.75 Å². The van der Waals surface area contributed by atoms with Crippen LogP contribution in [0.15, 0.2) is 41.3 Å². The summed E-state index contributed by atoms with van der Waals surface area (Å²) in [6, 6.07) is 8.91. The molecule has 0 radical (unpaired) electrons. The highest BCUT2D eigenvalue weighted by molar-refractivity contribution is 5.94. The van der Waals surface area contributed by atoms with Crippen molar-refractivity contribution >= 4 is 5.84 Å². The molecule has 0 bridgehead atoms. The molecule has 0 aliphatic heterocycles. The molecule has 2 rings (SSSR count). The zero-order valence-electron chi connectivity index (χ0n) is 10.8. The molecule has 2 aromatic rings. The van der Waals surface area contributed by atoms with E-state index in [0.717, 1.165) is 17.1 Å². The lowest BCUT2D eigenvalue weighted by molar-refractivity contribution is 0.414. The van der Waals surface area contributed by atoms with E-state index in [9.17, 15) is 4.79 Å². The number of nitrogens with two attached hydrogens (primary N) is 1. The second-order valence-electron chi connectivity index (χ2n) is 4.18. The fourth-order valence-electron chi connectivity index (χ4n) is 1.87. The van der Waals surface area contributed by atoms with E-state index >= 15 is 0 Å². The number of pyridine rings is 1. The number of ether oxygens (including phenoxy) is 1. The first-order chi connectivity index (χ1) is 9.02. The molecule has 3 N–H and O–H groups in total. The highest BCUT2D eigenvalue weighted by atomic mass is 16.5. The minimum absolute atomic E-state index is 0.188. The molecule has 0 atom stereocenters. The van der Waals surface area contributed by atoms with E-state index in [1.807, 2.05) is 31.2 Å². The average Bonchev–Trinajstić information content (AvgIpc) is 2.38. The highest BCUT2D eigenvalue weighted by Gasteiger charge is 2.08. The van der Waals surface area contributed by atoms with Crippen LogP contribution < -0.4 is 15.9 Å². The smallest absolute Gasteiger partial charge is 0.192 e. The molecule has 0 saturated heterocycles. The number of aryl methyl sites for hydroxylation is 1. The first kappa shape index (κ1) is 12.9. The molecule has 1 heterocycles. The summed E-state index contributed by atoms with van der Waals surface area (Å²) in [5.74, 6) is 0.488. The number of nitrogen functional groups attached to an aromatic ring is 1. The van der Waals surface area contributed by atoms with E-state index in [0.29, 0.717) is 0 Å². The van der Waals surface area contributed by atoms with Crippen molar-refractivity contribution in [1.29, 1.82) is 5.41 Å². The van der Waals surface area contributed by atoms with Crippen LogP contribution in [0.2, 0.25) is 0 Å². The predicted octanol–water partition coefficient (Wildman–Crippen LogP) is 1.44. The SMILES string of the molecule is COc1cccc(-n2cc(C(=N)N)c(=O)cc2C)c1. The van der Waals surface area contributed by atoms with E-state index in [1.165, 1.54) is 6.07 Å². The highest BCUT2D eigenvalue weighted by Crippen LogP contribution is 2.17. The first-order valence-electron chi connectivity index (χ1n) is 5.75. The summed E-state index contributed by atoms with van der Waals surface area (Å²) in [5, 5.41) is 7.42. The third-order valence-electron chi connectivity index (χ3n) is 2.87. The summed E-state index contributed by atoms with van der Waals surface area (Å²) >= 11 is 0. The summed E-state index contributed by atoms with van der Waals surface area (Å²) in [7, 11) is 1.60. The van der Waals surface area contributed by atoms with Gasteiger partial charge in [0, 0.05) is 29.7 Å². The largest absolute Gasteiger partial charge is 0.497 e. The fourth-order valence-corrected chi connectivity index (χ4v) is 1.87. The Morgan fingerprint density at radius 1 is 1.37 bits per heavy atom. The van der Waals surface area contributed by atoms with Gasteiger partial charge in [-0.05, 0) is 19.1 Å². The average molecular weight is 257 g/mol. The Labute approximate surface area is 110 Å². The Balaban J connectivity index is 2.64. The van der Waals surface area contributed by atoms with Crippen molar-refractivity contribution in [2.75, 3.05) is 7.11 Å². The Kier molecular flexibility index (Phi) is 3.37. The molecule has 1 aromatic heterocycles. The molecule has 5 nitrogen and oxygen atoms in total. The molecule has 0 unspecified atom stereocenters. The number of aromatic nitrogens is 1. The van der Waals surface area contributed by atoms with Crippen molar-refractivity contribution in [3.05, 3.63) is 58.0 Å². The first-order valence-corrected chi connectivity index (χ1v) is 5.75. The lowest BCUT2D eigenvalue weighted by Crippen LogP contribution is -2.23. The van der Waals surface area contributed by atoms with Crippen LogP contribution in [0, 0.1) is 12.3 Å². The van der Waals surface area contributed by atoms with Gasteiger partial charge >= 0.3 is 0 Å². The van der Waals surface area contributed by atoms with Crippen LogP contribution >= 0.6 is 0 Å². The topological polar surface area (TPSA) is 81.1 Å². The molecular formula is C14H15N3O2. The maximum absolute atomic E-state index is 11.7.